The minimum atomic E-state index is -3.65. The van der Waals surface area contributed by atoms with Gasteiger partial charge in [0.1, 0.15) is 6.54 Å². The number of nitrogens with zero attached hydrogens (tertiary/aromatic N) is 2. The third kappa shape index (κ3) is 6.51. The van der Waals surface area contributed by atoms with Crippen LogP contribution in [0, 0.1) is 0 Å². The van der Waals surface area contributed by atoms with E-state index in [0.717, 1.165) is 35.8 Å². The molecule has 2 aromatic rings. The number of rotatable bonds is 9. The number of halogens is 1. The second kappa shape index (κ2) is 9.91. The van der Waals surface area contributed by atoms with Crippen molar-refractivity contribution in [1.29, 1.82) is 0 Å². The van der Waals surface area contributed by atoms with Gasteiger partial charge in [-0.25, -0.2) is 8.42 Å². The van der Waals surface area contributed by atoms with Crippen LogP contribution in [0.1, 0.15) is 19.4 Å². The van der Waals surface area contributed by atoms with Crippen molar-refractivity contribution in [1.82, 2.24) is 4.90 Å². The van der Waals surface area contributed by atoms with Crippen molar-refractivity contribution >= 4 is 38.9 Å². The summed E-state index contributed by atoms with van der Waals surface area (Å²) in [5.41, 5.74) is 2.06. The van der Waals surface area contributed by atoms with E-state index >= 15 is 0 Å². The minimum absolute atomic E-state index is 0.334. The van der Waals surface area contributed by atoms with E-state index in [1.807, 2.05) is 18.2 Å². The molecule has 0 radical (unpaired) electrons. The molecule has 0 atom stereocenters. The maximum Gasteiger partial charge on any atom is 0.245 e. The second-order valence-corrected chi connectivity index (χ2v) is 8.80. The molecule has 0 aromatic heterocycles. The van der Waals surface area contributed by atoms with Gasteiger partial charge in [0.2, 0.25) is 15.9 Å². The van der Waals surface area contributed by atoms with Crippen molar-refractivity contribution < 1.29 is 13.2 Å². The van der Waals surface area contributed by atoms with Crippen LogP contribution in [-0.2, 0) is 21.4 Å². The first kappa shape index (κ1) is 22.2. The van der Waals surface area contributed by atoms with Crippen LogP contribution in [0.2, 0.25) is 5.02 Å². The van der Waals surface area contributed by atoms with Crippen LogP contribution in [0.15, 0.2) is 48.5 Å². The zero-order valence-electron chi connectivity index (χ0n) is 16.4. The molecule has 1 amide bonds. The quantitative estimate of drug-likeness (QED) is 0.669. The molecule has 2 aromatic carbocycles. The van der Waals surface area contributed by atoms with Gasteiger partial charge in [-0.1, -0.05) is 43.6 Å². The molecule has 6 nitrogen and oxygen atoms in total. The first-order valence-corrected chi connectivity index (χ1v) is 11.3. The predicted molar refractivity (Wildman–Crippen MR) is 115 cm³/mol. The van der Waals surface area contributed by atoms with Gasteiger partial charge in [0.15, 0.2) is 0 Å². The van der Waals surface area contributed by atoms with E-state index in [-0.39, 0.29) is 6.54 Å². The molecule has 0 spiro atoms. The average Bonchev–Trinajstić information content (AvgIpc) is 2.63. The SMILES string of the molecule is CCN(CC)Cc1cccc(NC(=O)CN(c2cccc(Cl)c2)S(C)(=O)=O)c1. The summed E-state index contributed by atoms with van der Waals surface area (Å²) in [5, 5.41) is 3.18. The first-order valence-electron chi connectivity index (χ1n) is 9.07. The van der Waals surface area contributed by atoms with Gasteiger partial charge < -0.3 is 5.32 Å². The lowest BCUT2D eigenvalue weighted by Gasteiger charge is -2.22. The third-order valence-electron chi connectivity index (χ3n) is 4.30. The number of hydrogen-bond acceptors (Lipinski definition) is 4. The summed E-state index contributed by atoms with van der Waals surface area (Å²) in [6, 6.07) is 14.0. The van der Waals surface area contributed by atoms with Crippen molar-refractivity contribution in [3.05, 3.63) is 59.1 Å². The van der Waals surface area contributed by atoms with Gasteiger partial charge >= 0.3 is 0 Å². The number of carbonyl (C=O) groups excluding carboxylic acids is 1. The second-order valence-electron chi connectivity index (χ2n) is 6.46. The van der Waals surface area contributed by atoms with E-state index in [0.29, 0.717) is 16.4 Å². The molecular formula is C20H26ClN3O3S. The summed E-state index contributed by atoms with van der Waals surface area (Å²) < 4.78 is 25.4. The van der Waals surface area contributed by atoms with Crippen molar-refractivity contribution in [2.75, 3.05) is 35.5 Å². The van der Waals surface area contributed by atoms with E-state index < -0.39 is 15.9 Å². The lowest BCUT2D eigenvalue weighted by atomic mass is 10.2. The van der Waals surface area contributed by atoms with Crippen LogP contribution in [0.5, 0.6) is 0 Å². The highest BCUT2D eigenvalue weighted by molar-refractivity contribution is 7.92. The number of carbonyl (C=O) groups is 1. The fraction of sp³-hybridized carbons (Fsp3) is 0.350. The Hall–Kier alpha value is -2.09. The summed E-state index contributed by atoms with van der Waals surface area (Å²) in [5.74, 6) is -0.426. The van der Waals surface area contributed by atoms with E-state index in [4.69, 9.17) is 11.6 Å². The molecule has 152 valence electrons. The number of anilines is 2. The number of nitrogens with one attached hydrogen (secondary N) is 1. The van der Waals surface area contributed by atoms with Gasteiger partial charge in [0.25, 0.3) is 0 Å². The van der Waals surface area contributed by atoms with Gasteiger partial charge in [-0.2, -0.15) is 0 Å². The number of benzene rings is 2. The predicted octanol–water partition coefficient (Wildman–Crippen LogP) is 3.59. The number of hydrogen-bond donors (Lipinski definition) is 1. The van der Waals surface area contributed by atoms with Crippen molar-refractivity contribution in [3.63, 3.8) is 0 Å². The van der Waals surface area contributed by atoms with E-state index in [1.54, 1.807) is 24.3 Å². The topological polar surface area (TPSA) is 69.7 Å². The van der Waals surface area contributed by atoms with Gasteiger partial charge in [-0.3, -0.25) is 14.0 Å². The molecule has 0 heterocycles. The zero-order valence-corrected chi connectivity index (χ0v) is 17.9. The molecule has 28 heavy (non-hydrogen) atoms. The third-order valence-corrected chi connectivity index (χ3v) is 5.67. The molecule has 0 bridgehead atoms. The molecule has 0 aliphatic heterocycles. The fourth-order valence-electron chi connectivity index (χ4n) is 2.82. The van der Waals surface area contributed by atoms with Crippen LogP contribution in [0.25, 0.3) is 0 Å². The Morgan fingerprint density at radius 2 is 1.75 bits per heavy atom. The lowest BCUT2D eigenvalue weighted by molar-refractivity contribution is -0.114. The highest BCUT2D eigenvalue weighted by Crippen LogP contribution is 2.22. The monoisotopic (exact) mass is 423 g/mol. The summed E-state index contributed by atoms with van der Waals surface area (Å²) in [7, 11) is -3.65. The molecular weight excluding hydrogens is 398 g/mol. The van der Waals surface area contributed by atoms with Gasteiger partial charge in [0, 0.05) is 17.3 Å². The molecule has 8 heteroatoms. The van der Waals surface area contributed by atoms with Gasteiger partial charge in [-0.15, -0.1) is 0 Å². The smallest absolute Gasteiger partial charge is 0.245 e. The highest BCUT2D eigenvalue weighted by atomic mass is 35.5. The normalized spacial score (nSPS) is 11.5. The largest absolute Gasteiger partial charge is 0.325 e. The molecule has 0 fully saturated rings. The number of amides is 1. The molecule has 0 saturated carbocycles. The molecule has 0 saturated heterocycles. The summed E-state index contributed by atoms with van der Waals surface area (Å²) in [6.07, 6.45) is 1.06. The van der Waals surface area contributed by atoms with Crippen LogP contribution in [0.3, 0.4) is 0 Å². The first-order chi connectivity index (χ1) is 13.2. The van der Waals surface area contributed by atoms with Crippen LogP contribution in [-0.4, -0.2) is 45.1 Å². The summed E-state index contributed by atoms with van der Waals surface area (Å²) >= 11 is 5.96. The van der Waals surface area contributed by atoms with Crippen LogP contribution in [0.4, 0.5) is 11.4 Å². The molecule has 0 unspecified atom stereocenters. The fourth-order valence-corrected chi connectivity index (χ4v) is 3.85. The lowest BCUT2D eigenvalue weighted by Crippen LogP contribution is -2.37. The maximum absolute atomic E-state index is 12.5. The number of sulfonamides is 1. The molecule has 1 N–H and O–H groups in total. The van der Waals surface area contributed by atoms with Gasteiger partial charge in [-0.05, 0) is 49.0 Å². The zero-order chi connectivity index (χ0) is 20.7. The standard InChI is InChI=1S/C20H26ClN3O3S/c1-4-23(5-2)14-16-8-6-10-18(12-16)22-20(25)15-24(28(3,26)27)19-11-7-9-17(21)13-19/h6-13H,4-5,14-15H2,1-3H3,(H,22,25). The molecule has 0 aliphatic rings. The average molecular weight is 424 g/mol. The Labute approximate surface area is 172 Å². The Morgan fingerprint density at radius 1 is 1.07 bits per heavy atom. The van der Waals surface area contributed by atoms with Crippen molar-refractivity contribution in [2.24, 2.45) is 0 Å². The molecule has 2 rings (SSSR count). The highest BCUT2D eigenvalue weighted by Gasteiger charge is 2.21. The van der Waals surface area contributed by atoms with E-state index in [2.05, 4.69) is 24.1 Å². The Kier molecular flexibility index (Phi) is 7.86. The minimum Gasteiger partial charge on any atom is -0.325 e. The van der Waals surface area contributed by atoms with Crippen molar-refractivity contribution in [3.8, 4) is 0 Å². The van der Waals surface area contributed by atoms with Crippen LogP contribution < -0.4 is 9.62 Å². The maximum atomic E-state index is 12.5. The van der Waals surface area contributed by atoms with Crippen molar-refractivity contribution in [2.45, 2.75) is 20.4 Å². The Morgan fingerprint density at radius 3 is 2.36 bits per heavy atom. The Balaban J connectivity index is 2.13. The molecule has 0 aliphatic carbocycles. The van der Waals surface area contributed by atoms with Gasteiger partial charge in [0.05, 0.1) is 11.9 Å². The summed E-state index contributed by atoms with van der Waals surface area (Å²) in [4.78, 5) is 14.8. The Bertz CT molecular complexity index is 914. The van der Waals surface area contributed by atoms with E-state index in [9.17, 15) is 13.2 Å². The van der Waals surface area contributed by atoms with Crippen LogP contribution >= 0.6 is 11.6 Å². The summed E-state index contributed by atoms with van der Waals surface area (Å²) in [6.45, 7) is 6.54. The van der Waals surface area contributed by atoms with E-state index in [1.165, 1.54) is 6.07 Å².